The van der Waals surface area contributed by atoms with Gasteiger partial charge >= 0.3 is 0 Å². The fourth-order valence-corrected chi connectivity index (χ4v) is 2.14. The molecule has 0 saturated carbocycles. The van der Waals surface area contributed by atoms with E-state index in [0.29, 0.717) is 12.2 Å². The first kappa shape index (κ1) is 12.9. The topological polar surface area (TPSA) is 62.7 Å². The van der Waals surface area contributed by atoms with Crippen molar-refractivity contribution < 1.29 is 4.79 Å². The molecule has 0 bridgehead atoms. The van der Waals surface area contributed by atoms with Crippen molar-refractivity contribution in [1.29, 1.82) is 0 Å². The van der Waals surface area contributed by atoms with Crippen molar-refractivity contribution in [3.63, 3.8) is 0 Å². The number of carbonyl (C=O) groups excluding carboxylic acids is 1. The van der Waals surface area contributed by atoms with E-state index in [2.05, 4.69) is 38.3 Å². The van der Waals surface area contributed by atoms with Gasteiger partial charge in [-0.15, -0.1) is 0 Å². The van der Waals surface area contributed by atoms with Gasteiger partial charge in [-0.2, -0.15) is 5.10 Å². The molecule has 2 aromatic rings. The van der Waals surface area contributed by atoms with Crippen molar-refractivity contribution in [1.82, 2.24) is 20.1 Å². The number of hydrogen-bond donors (Lipinski definition) is 2. The summed E-state index contributed by atoms with van der Waals surface area (Å²) in [6.07, 6.45) is 4.53. The van der Waals surface area contributed by atoms with Gasteiger partial charge in [-0.25, -0.2) is 0 Å². The highest BCUT2D eigenvalue weighted by molar-refractivity contribution is 9.10. The lowest BCUT2D eigenvalue weighted by molar-refractivity contribution is 0.0946. The van der Waals surface area contributed by atoms with Crippen LogP contribution in [0.5, 0.6) is 0 Å². The Hall–Kier alpha value is -1.56. The number of aromatic amines is 1. The van der Waals surface area contributed by atoms with Crippen LogP contribution >= 0.6 is 15.9 Å². The van der Waals surface area contributed by atoms with Crippen molar-refractivity contribution in [3.8, 4) is 0 Å². The largest absolute Gasteiger partial charge is 0.356 e. The second-order valence-corrected chi connectivity index (χ2v) is 4.96. The number of amides is 1. The summed E-state index contributed by atoms with van der Waals surface area (Å²) in [5, 5.41) is 7.21. The minimum Gasteiger partial charge on any atom is -0.356 e. The highest BCUT2D eigenvalue weighted by atomic mass is 79.9. The maximum absolute atomic E-state index is 11.8. The molecule has 1 amide bonds. The van der Waals surface area contributed by atoms with E-state index < -0.39 is 0 Å². The number of halogens is 1. The van der Waals surface area contributed by atoms with Gasteiger partial charge in [0.15, 0.2) is 0 Å². The molecule has 2 N–H and O–H groups in total. The third kappa shape index (κ3) is 2.81. The van der Waals surface area contributed by atoms with Crippen LogP contribution in [0.3, 0.4) is 0 Å². The molecule has 0 aliphatic heterocycles. The van der Waals surface area contributed by atoms with Gasteiger partial charge in [0.2, 0.25) is 0 Å². The summed E-state index contributed by atoms with van der Waals surface area (Å²) < 4.78 is 2.63. The van der Waals surface area contributed by atoms with Crippen LogP contribution in [0.2, 0.25) is 0 Å². The average Bonchev–Trinajstić information content (AvgIpc) is 2.92. The summed E-state index contributed by atoms with van der Waals surface area (Å²) in [7, 11) is 1.88. The minimum atomic E-state index is -0.119. The average molecular weight is 311 g/mol. The smallest absolute Gasteiger partial charge is 0.268 e. The Morgan fingerprint density at radius 2 is 2.39 bits per heavy atom. The lowest BCUT2D eigenvalue weighted by Gasteiger charge is -2.03. The highest BCUT2D eigenvalue weighted by Crippen LogP contribution is 2.11. The number of aromatic nitrogens is 3. The van der Waals surface area contributed by atoms with Crippen LogP contribution < -0.4 is 5.32 Å². The number of aryl methyl sites for hydroxylation is 2. The van der Waals surface area contributed by atoms with Crippen LogP contribution in [0, 0.1) is 0 Å². The lowest BCUT2D eigenvalue weighted by atomic mass is 10.2. The summed E-state index contributed by atoms with van der Waals surface area (Å²) in [4.78, 5) is 14.7. The third-order valence-corrected chi connectivity index (χ3v) is 3.12. The summed E-state index contributed by atoms with van der Waals surface area (Å²) in [6.45, 7) is 2.54. The second-order valence-electron chi connectivity index (χ2n) is 4.04. The molecule has 0 saturated heterocycles. The van der Waals surface area contributed by atoms with E-state index in [0.717, 1.165) is 22.2 Å². The number of carbonyl (C=O) groups is 1. The maximum atomic E-state index is 11.8. The molecule has 2 heterocycles. The standard InChI is InChI=1S/C12H15BrN4O/c1-3-10-8(7-17(2)16-10)5-15-12(18)11-4-9(13)6-14-11/h4,6-7,14H,3,5H2,1-2H3,(H,15,18). The normalized spacial score (nSPS) is 10.6. The zero-order valence-electron chi connectivity index (χ0n) is 10.3. The SMILES string of the molecule is CCc1nn(C)cc1CNC(=O)c1cc(Br)c[nH]1. The van der Waals surface area contributed by atoms with E-state index in [9.17, 15) is 4.79 Å². The molecule has 2 rings (SSSR count). The number of rotatable bonds is 4. The molecule has 0 unspecified atom stereocenters. The third-order valence-electron chi connectivity index (χ3n) is 2.66. The van der Waals surface area contributed by atoms with Gasteiger partial charge in [0.05, 0.1) is 5.69 Å². The van der Waals surface area contributed by atoms with Crippen molar-refractivity contribution in [3.05, 3.63) is 39.9 Å². The molecule has 6 heteroatoms. The molecule has 0 atom stereocenters. The number of nitrogens with zero attached hydrogens (tertiary/aromatic N) is 2. The van der Waals surface area contributed by atoms with Crippen LogP contribution in [0.1, 0.15) is 28.7 Å². The first-order valence-corrected chi connectivity index (χ1v) is 6.53. The fourth-order valence-electron chi connectivity index (χ4n) is 1.80. The van der Waals surface area contributed by atoms with E-state index in [1.807, 2.05) is 13.2 Å². The molecular weight excluding hydrogens is 296 g/mol. The Kier molecular flexibility index (Phi) is 3.86. The first-order valence-electron chi connectivity index (χ1n) is 5.73. The van der Waals surface area contributed by atoms with E-state index in [-0.39, 0.29) is 5.91 Å². The van der Waals surface area contributed by atoms with E-state index in [1.54, 1.807) is 16.9 Å². The minimum absolute atomic E-state index is 0.119. The van der Waals surface area contributed by atoms with Gasteiger partial charge in [0.25, 0.3) is 5.91 Å². The zero-order chi connectivity index (χ0) is 13.1. The molecule has 0 fully saturated rings. The first-order chi connectivity index (χ1) is 8.60. The molecule has 5 nitrogen and oxygen atoms in total. The number of H-pyrrole nitrogens is 1. The Bertz CT molecular complexity index is 558. The molecule has 0 radical (unpaired) electrons. The Morgan fingerprint density at radius 1 is 1.61 bits per heavy atom. The van der Waals surface area contributed by atoms with Crippen molar-refractivity contribution in [2.24, 2.45) is 7.05 Å². The predicted octanol–water partition coefficient (Wildman–Crippen LogP) is 2.00. The van der Waals surface area contributed by atoms with Gasteiger partial charge in [-0.3, -0.25) is 9.48 Å². The van der Waals surface area contributed by atoms with Crippen molar-refractivity contribution in [2.45, 2.75) is 19.9 Å². The Labute approximate surface area is 114 Å². The Balaban J connectivity index is 2.01. The van der Waals surface area contributed by atoms with Crippen molar-refractivity contribution in [2.75, 3.05) is 0 Å². The van der Waals surface area contributed by atoms with E-state index in [4.69, 9.17) is 0 Å². The molecule has 18 heavy (non-hydrogen) atoms. The molecule has 2 aromatic heterocycles. The van der Waals surface area contributed by atoms with Crippen LogP contribution in [-0.4, -0.2) is 20.7 Å². The molecule has 0 aliphatic rings. The predicted molar refractivity (Wildman–Crippen MR) is 72.2 cm³/mol. The van der Waals surface area contributed by atoms with Gasteiger partial charge in [0, 0.05) is 36.0 Å². The quantitative estimate of drug-likeness (QED) is 0.907. The van der Waals surface area contributed by atoms with Gasteiger partial charge < -0.3 is 10.3 Å². The van der Waals surface area contributed by atoms with E-state index >= 15 is 0 Å². The van der Waals surface area contributed by atoms with Crippen LogP contribution in [0.25, 0.3) is 0 Å². The lowest BCUT2D eigenvalue weighted by Crippen LogP contribution is -2.23. The molecule has 0 spiro atoms. The fraction of sp³-hybridized carbons (Fsp3) is 0.333. The monoisotopic (exact) mass is 310 g/mol. The molecule has 96 valence electrons. The second kappa shape index (κ2) is 5.39. The molecular formula is C12H15BrN4O. The summed E-state index contributed by atoms with van der Waals surface area (Å²) in [5.74, 6) is -0.119. The van der Waals surface area contributed by atoms with Gasteiger partial charge in [-0.05, 0) is 28.4 Å². The van der Waals surface area contributed by atoms with Gasteiger partial charge in [0.1, 0.15) is 5.69 Å². The zero-order valence-corrected chi connectivity index (χ0v) is 11.9. The summed E-state index contributed by atoms with van der Waals surface area (Å²) in [5.41, 5.74) is 2.62. The van der Waals surface area contributed by atoms with Crippen LogP contribution in [-0.2, 0) is 20.0 Å². The van der Waals surface area contributed by atoms with Gasteiger partial charge in [-0.1, -0.05) is 6.92 Å². The highest BCUT2D eigenvalue weighted by Gasteiger charge is 2.10. The van der Waals surface area contributed by atoms with Crippen molar-refractivity contribution >= 4 is 21.8 Å². The number of nitrogens with one attached hydrogen (secondary N) is 2. The molecule has 0 aliphatic carbocycles. The van der Waals surface area contributed by atoms with Crippen LogP contribution in [0.4, 0.5) is 0 Å². The summed E-state index contributed by atoms with van der Waals surface area (Å²) in [6, 6.07) is 1.75. The summed E-state index contributed by atoms with van der Waals surface area (Å²) >= 11 is 3.30. The maximum Gasteiger partial charge on any atom is 0.268 e. The Morgan fingerprint density at radius 3 is 3.00 bits per heavy atom. The molecule has 0 aromatic carbocycles. The number of hydrogen-bond acceptors (Lipinski definition) is 2. The van der Waals surface area contributed by atoms with E-state index in [1.165, 1.54) is 0 Å². The van der Waals surface area contributed by atoms with Crippen LogP contribution in [0.15, 0.2) is 22.9 Å².